The van der Waals surface area contributed by atoms with E-state index in [4.69, 9.17) is 4.74 Å². The molecule has 0 aromatic heterocycles. The lowest BCUT2D eigenvalue weighted by molar-refractivity contribution is -0.146. The summed E-state index contributed by atoms with van der Waals surface area (Å²) in [5, 5.41) is 0. The van der Waals surface area contributed by atoms with Crippen LogP contribution in [0.15, 0.2) is 0 Å². The predicted molar refractivity (Wildman–Crippen MR) is 78.5 cm³/mol. The van der Waals surface area contributed by atoms with Crippen molar-refractivity contribution < 1.29 is 9.53 Å². The Bertz CT molecular complexity index is 352. The number of rotatable bonds is 1. The number of likely N-dealkylation sites (tertiary alicyclic amines) is 1. The summed E-state index contributed by atoms with van der Waals surface area (Å²) in [6, 6.07) is 0.406. The van der Waals surface area contributed by atoms with Gasteiger partial charge in [0.1, 0.15) is 0 Å². The number of likely N-dealkylation sites (N-methyl/N-ethyl adjacent to an activating group) is 1. The van der Waals surface area contributed by atoms with Crippen molar-refractivity contribution in [2.75, 3.05) is 33.3 Å². The van der Waals surface area contributed by atoms with Gasteiger partial charge in [0.05, 0.1) is 18.8 Å². The SMILES string of the molecule is CC1CCC(C(=O)N2CCC3OCCN(C)[C@H]3C2)CC1. The average Bonchev–Trinajstić information content (AvgIpc) is 2.47. The van der Waals surface area contributed by atoms with Crippen molar-refractivity contribution in [3.63, 3.8) is 0 Å². The van der Waals surface area contributed by atoms with Crippen molar-refractivity contribution in [2.24, 2.45) is 11.8 Å². The normalized spacial score (nSPS) is 39.4. The van der Waals surface area contributed by atoms with Crippen molar-refractivity contribution in [3.8, 4) is 0 Å². The summed E-state index contributed by atoms with van der Waals surface area (Å²) < 4.78 is 5.86. The van der Waals surface area contributed by atoms with Crippen molar-refractivity contribution in [1.29, 1.82) is 0 Å². The highest BCUT2D eigenvalue weighted by atomic mass is 16.5. The minimum absolute atomic E-state index is 0.289. The second kappa shape index (κ2) is 6.02. The summed E-state index contributed by atoms with van der Waals surface area (Å²) in [5.41, 5.74) is 0. The number of carbonyl (C=O) groups is 1. The van der Waals surface area contributed by atoms with Gasteiger partial charge < -0.3 is 9.64 Å². The van der Waals surface area contributed by atoms with Gasteiger partial charge in [-0.2, -0.15) is 0 Å². The Labute approximate surface area is 122 Å². The summed E-state index contributed by atoms with van der Waals surface area (Å²) in [5.74, 6) is 1.51. The molecule has 0 radical (unpaired) electrons. The van der Waals surface area contributed by atoms with Gasteiger partial charge in [-0.25, -0.2) is 0 Å². The lowest BCUT2D eigenvalue weighted by Gasteiger charge is -2.46. The molecule has 4 heteroatoms. The van der Waals surface area contributed by atoms with Crippen LogP contribution in [-0.4, -0.2) is 61.1 Å². The number of amides is 1. The number of hydrogen-bond donors (Lipinski definition) is 0. The highest BCUT2D eigenvalue weighted by Crippen LogP contribution is 2.31. The third-order valence-corrected chi connectivity index (χ3v) is 5.54. The first kappa shape index (κ1) is 14.3. The Morgan fingerprint density at radius 2 is 1.85 bits per heavy atom. The van der Waals surface area contributed by atoms with Gasteiger partial charge in [-0.3, -0.25) is 9.69 Å². The zero-order valence-corrected chi connectivity index (χ0v) is 12.9. The number of morpholine rings is 1. The summed E-state index contributed by atoms with van der Waals surface area (Å²) in [7, 11) is 2.16. The van der Waals surface area contributed by atoms with E-state index in [1.807, 2.05) is 0 Å². The molecule has 1 amide bonds. The van der Waals surface area contributed by atoms with E-state index in [9.17, 15) is 4.79 Å². The topological polar surface area (TPSA) is 32.8 Å². The van der Waals surface area contributed by atoms with Gasteiger partial charge in [0.2, 0.25) is 5.91 Å². The highest BCUT2D eigenvalue weighted by Gasteiger charge is 2.38. The molecule has 2 heterocycles. The molecule has 0 spiro atoms. The van der Waals surface area contributed by atoms with Crippen LogP contribution in [0.25, 0.3) is 0 Å². The summed E-state index contributed by atoms with van der Waals surface area (Å²) >= 11 is 0. The van der Waals surface area contributed by atoms with Crippen LogP contribution in [0.5, 0.6) is 0 Å². The number of ether oxygens (including phenoxy) is 1. The molecule has 0 aromatic rings. The Morgan fingerprint density at radius 1 is 1.10 bits per heavy atom. The molecule has 114 valence electrons. The molecule has 20 heavy (non-hydrogen) atoms. The Hall–Kier alpha value is -0.610. The van der Waals surface area contributed by atoms with Gasteiger partial charge in [0.25, 0.3) is 0 Å². The molecule has 4 nitrogen and oxygen atoms in total. The summed E-state index contributed by atoms with van der Waals surface area (Å²) in [6.07, 6.45) is 5.97. The maximum atomic E-state index is 12.7. The zero-order chi connectivity index (χ0) is 14.1. The fourth-order valence-electron chi connectivity index (χ4n) is 4.01. The van der Waals surface area contributed by atoms with Crippen molar-refractivity contribution in [2.45, 2.75) is 51.2 Å². The fourth-order valence-corrected chi connectivity index (χ4v) is 4.01. The zero-order valence-electron chi connectivity index (χ0n) is 12.9. The second-order valence-electron chi connectivity index (χ2n) is 6.99. The molecule has 0 aromatic carbocycles. The number of fused-ring (bicyclic) bond motifs is 1. The van der Waals surface area contributed by atoms with Crippen LogP contribution in [-0.2, 0) is 9.53 Å². The number of carbonyl (C=O) groups excluding carboxylic acids is 1. The Kier molecular flexibility index (Phi) is 4.32. The van der Waals surface area contributed by atoms with E-state index in [1.165, 1.54) is 12.8 Å². The van der Waals surface area contributed by atoms with E-state index in [0.29, 0.717) is 18.1 Å². The van der Waals surface area contributed by atoms with Crippen LogP contribution >= 0.6 is 0 Å². The monoisotopic (exact) mass is 280 g/mol. The second-order valence-corrected chi connectivity index (χ2v) is 6.99. The van der Waals surface area contributed by atoms with E-state index in [-0.39, 0.29) is 5.92 Å². The van der Waals surface area contributed by atoms with Crippen molar-refractivity contribution in [1.82, 2.24) is 9.80 Å². The smallest absolute Gasteiger partial charge is 0.225 e. The third kappa shape index (κ3) is 2.86. The first-order chi connectivity index (χ1) is 9.65. The first-order valence-corrected chi connectivity index (χ1v) is 8.26. The number of hydrogen-bond acceptors (Lipinski definition) is 3. The number of piperidine rings is 1. The van der Waals surface area contributed by atoms with Gasteiger partial charge in [-0.15, -0.1) is 0 Å². The van der Waals surface area contributed by atoms with Gasteiger partial charge >= 0.3 is 0 Å². The molecule has 2 aliphatic heterocycles. The molecule has 0 bridgehead atoms. The fraction of sp³-hybridized carbons (Fsp3) is 0.938. The molecule has 2 saturated heterocycles. The molecule has 1 saturated carbocycles. The maximum Gasteiger partial charge on any atom is 0.225 e. The van der Waals surface area contributed by atoms with Gasteiger partial charge in [-0.1, -0.05) is 6.92 Å². The van der Waals surface area contributed by atoms with Crippen molar-refractivity contribution >= 4 is 5.91 Å². The Morgan fingerprint density at radius 3 is 2.60 bits per heavy atom. The molecular formula is C16H28N2O2. The lowest BCUT2D eigenvalue weighted by Crippen LogP contribution is -2.60. The molecule has 3 aliphatic rings. The number of nitrogens with zero attached hydrogens (tertiary/aromatic N) is 2. The van der Waals surface area contributed by atoms with Crippen LogP contribution < -0.4 is 0 Å². The first-order valence-electron chi connectivity index (χ1n) is 8.26. The van der Waals surface area contributed by atoms with Crippen LogP contribution in [0, 0.1) is 11.8 Å². The molecule has 1 unspecified atom stereocenters. The van der Waals surface area contributed by atoms with Crippen LogP contribution in [0.3, 0.4) is 0 Å². The van der Waals surface area contributed by atoms with Crippen molar-refractivity contribution in [3.05, 3.63) is 0 Å². The largest absolute Gasteiger partial charge is 0.375 e. The molecule has 1 aliphatic carbocycles. The molecule has 0 N–H and O–H groups in total. The standard InChI is InChI=1S/C16H28N2O2/c1-12-3-5-13(6-4-12)16(19)18-8-7-15-14(11-18)17(2)9-10-20-15/h12-15H,3-11H2,1-2H3/t12?,13?,14-,15?/m0/s1. The molecule has 2 atom stereocenters. The van der Waals surface area contributed by atoms with Gasteiger partial charge in [0.15, 0.2) is 0 Å². The average molecular weight is 280 g/mol. The van der Waals surface area contributed by atoms with E-state index in [0.717, 1.165) is 51.4 Å². The van der Waals surface area contributed by atoms with Crippen LogP contribution in [0.1, 0.15) is 39.0 Å². The lowest BCUT2D eigenvalue weighted by atomic mass is 9.82. The Balaban J connectivity index is 1.59. The van der Waals surface area contributed by atoms with E-state index < -0.39 is 0 Å². The molecule has 3 fully saturated rings. The summed E-state index contributed by atoms with van der Waals surface area (Å²) in [4.78, 5) is 17.2. The van der Waals surface area contributed by atoms with Crippen LogP contribution in [0.4, 0.5) is 0 Å². The molecular weight excluding hydrogens is 252 g/mol. The quantitative estimate of drug-likeness (QED) is 0.733. The summed E-state index contributed by atoms with van der Waals surface area (Å²) in [6.45, 7) is 5.89. The molecule has 3 rings (SSSR count). The van der Waals surface area contributed by atoms with E-state index >= 15 is 0 Å². The predicted octanol–water partition coefficient (Wildman–Crippen LogP) is 1.74. The van der Waals surface area contributed by atoms with E-state index in [1.54, 1.807) is 0 Å². The minimum atomic E-state index is 0.289. The minimum Gasteiger partial charge on any atom is -0.375 e. The van der Waals surface area contributed by atoms with Gasteiger partial charge in [0, 0.05) is 25.6 Å². The van der Waals surface area contributed by atoms with Gasteiger partial charge in [-0.05, 0) is 45.1 Å². The third-order valence-electron chi connectivity index (χ3n) is 5.54. The van der Waals surface area contributed by atoms with Crippen LogP contribution in [0.2, 0.25) is 0 Å². The highest BCUT2D eigenvalue weighted by molar-refractivity contribution is 5.79. The van der Waals surface area contributed by atoms with E-state index in [2.05, 4.69) is 23.8 Å². The maximum absolute atomic E-state index is 12.7.